The number of nitrogens with one attached hydrogen (secondary N) is 2. The minimum atomic E-state index is -1.45. The molecule has 3 aliphatic rings. The van der Waals surface area contributed by atoms with Crippen LogP contribution in [0.3, 0.4) is 0 Å². The fraction of sp³-hybridized carbons (Fsp3) is 0.500. The van der Waals surface area contributed by atoms with E-state index in [9.17, 15) is 20.1 Å². The van der Waals surface area contributed by atoms with Crippen LogP contribution in [0.5, 0.6) is 0 Å². The Morgan fingerprint density at radius 2 is 1.95 bits per heavy atom. The number of hydrogen-bond acceptors (Lipinski definition) is 11. The van der Waals surface area contributed by atoms with Crippen LogP contribution in [0.4, 0.5) is 0 Å². The number of thioether (sulfide) groups is 2. The van der Waals surface area contributed by atoms with E-state index in [1.54, 1.807) is 18.6 Å². The smallest absolute Gasteiger partial charge is 0.265 e. The number of allylic oxidation sites excluding steroid dienone is 1. The van der Waals surface area contributed by atoms with Gasteiger partial charge in [0.05, 0.1) is 12.6 Å². The van der Waals surface area contributed by atoms with Crippen LogP contribution < -0.4 is 10.6 Å². The molecule has 4 heterocycles. The molecular weight excluding hydrogens is 576 g/mol. The summed E-state index contributed by atoms with van der Waals surface area (Å²) in [6, 6.07) is 11.1. The van der Waals surface area contributed by atoms with Crippen molar-refractivity contribution >= 4 is 36.1 Å². The Hall–Kier alpha value is -2.29. The van der Waals surface area contributed by atoms with Gasteiger partial charge in [-0.3, -0.25) is 20.1 Å². The second-order valence-corrected chi connectivity index (χ2v) is 13.2. The van der Waals surface area contributed by atoms with E-state index in [0.717, 1.165) is 22.4 Å². The highest BCUT2D eigenvalue weighted by Crippen LogP contribution is 2.37. The summed E-state index contributed by atoms with van der Waals surface area (Å²) in [6.07, 6.45) is 4.30. The Bertz CT molecular complexity index is 1250. The van der Waals surface area contributed by atoms with E-state index < -0.39 is 53.6 Å². The molecule has 0 saturated carbocycles. The van der Waals surface area contributed by atoms with Gasteiger partial charge < -0.3 is 30.1 Å². The number of fused-ring (bicyclic) bond motifs is 1. The molecule has 3 aliphatic heterocycles. The number of aliphatic hydroxyl groups is 3. The summed E-state index contributed by atoms with van der Waals surface area (Å²) in [5.41, 5.74) is -0.196. The zero-order chi connectivity index (χ0) is 29.9. The number of carbonyl (C=O) groups is 1. The Morgan fingerprint density at radius 1 is 1.17 bits per heavy atom. The van der Waals surface area contributed by atoms with E-state index in [4.69, 9.17) is 9.47 Å². The highest BCUT2D eigenvalue weighted by Gasteiger charge is 2.56. The Balaban J connectivity index is 1.41. The zero-order valence-electron chi connectivity index (χ0n) is 23.6. The normalized spacial score (nSPS) is 34.2. The summed E-state index contributed by atoms with van der Waals surface area (Å²) in [5.74, 6) is -0.411. The molecule has 1 amide bonds. The van der Waals surface area contributed by atoms with Crippen molar-refractivity contribution in [3.63, 3.8) is 0 Å². The van der Waals surface area contributed by atoms with Crippen molar-refractivity contribution in [2.45, 2.75) is 71.2 Å². The average Bonchev–Trinajstić information content (AvgIpc) is 3.20. The fourth-order valence-corrected chi connectivity index (χ4v) is 7.64. The molecule has 12 heteroatoms. The van der Waals surface area contributed by atoms with Gasteiger partial charge in [-0.2, -0.15) is 0 Å². The molecule has 0 spiro atoms. The second-order valence-electron chi connectivity index (χ2n) is 10.8. The molecule has 2 saturated heterocycles. The second kappa shape index (κ2) is 13.6. The molecular formula is C30H38N4O6S2. The number of aliphatic imine (C=N–C) groups is 1. The Morgan fingerprint density at radius 3 is 2.64 bits per heavy atom. The number of hydrogen-bond donors (Lipinski definition) is 5. The minimum Gasteiger partial charge on any atom is -0.388 e. The average molecular weight is 615 g/mol. The first-order valence-corrected chi connectivity index (χ1v) is 16.2. The van der Waals surface area contributed by atoms with Crippen LogP contribution in [-0.4, -0.2) is 105 Å². The first kappa shape index (κ1) is 31.1. The predicted octanol–water partition coefficient (Wildman–Crippen LogP) is 1.85. The van der Waals surface area contributed by atoms with Crippen LogP contribution in [0.25, 0.3) is 11.1 Å². The number of pyridine rings is 1. The SMILES string of the molecule is C=N[C@]1(C(=O)N[C@H]([C@H](C)Sc2ccc(-c3cccnc3)cc2)[C@H]2OC(SC)[C@H](O)C(O)C2O)NC[C@@H]2CC=CCO[C@H]21. The van der Waals surface area contributed by atoms with Gasteiger partial charge in [0.15, 0.2) is 0 Å². The topological polar surface area (TPSA) is 146 Å². The number of carbonyl (C=O) groups excluding carboxylic acids is 1. The molecule has 2 aromatic rings. The standard InChI is InChI=1S/C30H38N4O6S2/c1-17(42-21-11-9-18(10-12-21)19-8-6-13-32-15-19)22(26-24(36)23(35)25(37)28(40-26)41-3)34-29(38)30(31-2)27-20(16-33-30)7-4-5-14-39-27/h4-6,8-13,15,17,20,22-28,33,35-37H,2,7,14,16H2,1,3H3,(H,34,38)/t17-,20-,22+,23?,24?,25+,26+,27+,28?,30-/m0/s1. The number of aliphatic hydroxyl groups excluding tert-OH is 3. The molecule has 1 aromatic carbocycles. The summed E-state index contributed by atoms with van der Waals surface area (Å²) in [7, 11) is 0. The molecule has 5 N–H and O–H groups in total. The van der Waals surface area contributed by atoms with Crippen molar-refractivity contribution in [2.75, 3.05) is 19.4 Å². The van der Waals surface area contributed by atoms with Gasteiger partial charge in [0.25, 0.3) is 5.91 Å². The highest BCUT2D eigenvalue weighted by atomic mass is 32.2. The first-order chi connectivity index (χ1) is 20.3. The number of rotatable bonds is 9. The molecule has 2 fully saturated rings. The molecule has 0 bridgehead atoms. The molecule has 1 aromatic heterocycles. The fourth-order valence-electron chi connectivity index (χ4n) is 5.87. The largest absolute Gasteiger partial charge is 0.388 e. The van der Waals surface area contributed by atoms with Crippen molar-refractivity contribution in [2.24, 2.45) is 10.9 Å². The maximum Gasteiger partial charge on any atom is 0.265 e. The molecule has 0 aliphatic carbocycles. The van der Waals surface area contributed by atoms with Gasteiger partial charge in [0.1, 0.15) is 36.0 Å². The maximum absolute atomic E-state index is 14.1. The van der Waals surface area contributed by atoms with Gasteiger partial charge >= 0.3 is 0 Å². The number of aromatic nitrogens is 1. The quantitative estimate of drug-likeness (QED) is 0.161. The molecule has 10 nitrogen and oxygen atoms in total. The molecule has 0 radical (unpaired) electrons. The van der Waals surface area contributed by atoms with Crippen molar-refractivity contribution in [3.8, 4) is 11.1 Å². The van der Waals surface area contributed by atoms with E-state index >= 15 is 0 Å². The molecule has 42 heavy (non-hydrogen) atoms. The van der Waals surface area contributed by atoms with Crippen LogP contribution in [0.1, 0.15) is 13.3 Å². The van der Waals surface area contributed by atoms with Gasteiger partial charge in [-0.25, -0.2) is 0 Å². The summed E-state index contributed by atoms with van der Waals surface area (Å²) >= 11 is 2.72. The summed E-state index contributed by atoms with van der Waals surface area (Å²) < 4.78 is 12.2. The van der Waals surface area contributed by atoms with Gasteiger partial charge in [0.2, 0.25) is 5.66 Å². The molecule has 10 atom stereocenters. The van der Waals surface area contributed by atoms with Crippen molar-refractivity contribution in [1.82, 2.24) is 15.6 Å². The molecule has 3 unspecified atom stereocenters. The van der Waals surface area contributed by atoms with Crippen molar-refractivity contribution < 1.29 is 29.6 Å². The lowest BCUT2D eigenvalue weighted by Gasteiger charge is -2.45. The van der Waals surface area contributed by atoms with Gasteiger partial charge in [0, 0.05) is 35.0 Å². The minimum absolute atomic E-state index is 0.0398. The first-order valence-electron chi connectivity index (χ1n) is 14.0. The maximum atomic E-state index is 14.1. The van der Waals surface area contributed by atoms with Crippen molar-refractivity contribution in [3.05, 3.63) is 60.9 Å². The van der Waals surface area contributed by atoms with E-state index in [1.165, 1.54) is 23.5 Å². The van der Waals surface area contributed by atoms with Gasteiger partial charge in [-0.15, -0.1) is 23.5 Å². The summed E-state index contributed by atoms with van der Waals surface area (Å²) in [4.78, 5) is 23.5. The Labute approximate surface area is 254 Å². The Kier molecular flexibility index (Phi) is 10.1. The predicted molar refractivity (Wildman–Crippen MR) is 164 cm³/mol. The number of nitrogens with zero attached hydrogens (tertiary/aromatic N) is 2. The lowest BCUT2D eigenvalue weighted by atomic mass is 9.91. The van der Waals surface area contributed by atoms with Crippen LogP contribution in [0.15, 0.2) is 70.8 Å². The van der Waals surface area contributed by atoms with Crippen LogP contribution in [-0.2, 0) is 14.3 Å². The third-order valence-corrected chi connectivity index (χ3v) is 10.3. The van der Waals surface area contributed by atoms with Crippen molar-refractivity contribution in [1.29, 1.82) is 0 Å². The summed E-state index contributed by atoms with van der Waals surface area (Å²) in [6.45, 7) is 6.57. The number of ether oxygens (including phenoxy) is 2. The van der Waals surface area contributed by atoms with Crippen LogP contribution in [0, 0.1) is 5.92 Å². The monoisotopic (exact) mass is 614 g/mol. The zero-order valence-corrected chi connectivity index (χ0v) is 25.2. The number of amides is 1. The third kappa shape index (κ3) is 6.18. The molecule has 5 rings (SSSR count). The van der Waals surface area contributed by atoms with Gasteiger partial charge in [-0.1, -0.05) is 37.3 Å². The van der Waals surface area contributed by atoms with E-state index in [-0.39, 0.29) is 11.2 Å². The summed E-state index contributed by atoms with van der Waals surface area (Å²) in [5, 5.41) is 38.3. The lowest BCUT2D eigenvalue weighted by Crippen LogP contribution is -2.68. The van der Waals surface area contributed by atoms with Crippen LogP contribution in [0.2, 0.25) is 0 Å². The highest BCUT2D eigenvalue weighted by molar-refractivity contribution is 8.00. The lowest BCUT2D eigenvalue weighted by molar-refractivity contribution is -0.205. The van der Waals surface area contributed by atoms with E-state index in [1.807, 2.05) is 55.5 Å². The van der Waals surface area contributed by atoms with Gasteiger partial charge in [-0.05, 0) is 48.7 Å². The van der Waals surface area contributed by atoms with E-state index in [2.05, 4.69) is 27.3 Å². The van der Waals surface area contributed by atoms with E-state index in [0.29, 0.717) is 13.2 Å². The molecule has 226 valence electrons. The number of benzene rings is 1. The van der Waals surface area contributed by atoms with Crippen LogP contribution >= 0.6 is 23.5 Å². The third-order valence-electron chi connectivity index (χ3n) is 8.21.